The summed E-state index contributed by atoms with van der Waals surface area (Å²) in [5, 5.41) is 0. The van der Waals surface area contributed by atoms with Crippen molar-refractivity contribution in [1.82, 2.24) is 0 Å². The van der Waals surface area contributed by atoms with Gasteiger partial charge in [-0.25, -0.2) is 0 Å². The highest BCUT2D eigenvalue weighted by Gasteiger charge is 2.45. The molecule has 0 aromatic carbocycles. The molecular formula is C18H37NO. The normalized spacial score (nSPS) is 12.7. The van der Waals surface area contributed by atoms with E-state index in [9.17, 15) is 4.79 Å². The highest BCUT2D eigenvalue weighted by atomic mass is 16.1. The third kappa shape index (κ3) is 5.85. The van der Waals surface area contributed by atoms with Gasteiger partial charge in [-0.05, 0) is 18.3 Å². The molecule has 0 saturated carbocycles. The van der Waals surface area contributed by atoms with Crippen molar-refractivity contribution in [3.63, 3.8) is 0 Å². The first kappa shape index (κ1) is 19.5. The lowest BCUT2D eigenvalue weighted by atomic mass is 9.61. The lowest BCUT2D eigenvalue weighted by Gasteiger charge is -2.43. The first-order valence-corrected chi connectivity index (χ1v) is 8.61. The predicted octanol–water partition coefficient (Wildman–Crippen LogP) is 5.45. The molecule has 0 aliphatic rings. The number of rotatable bonds is 11. The van der Waals surface area contributed by atoms with Gasteiger partial charge in [0.1, 0.15) is 0 Å². The van der Waals surface area contributed by atoms with E-state index < -0.39 is 0 Å². The third-order valence-electron chi connectivity index (χ3n) is 4.82. The first-order chi connectivity index (χ1) is 9.31. The molecule has 0 aliphatic heterocycles. The Morgan fingerprint density at radius 3 is 1.45 bits per heavy atom. The molecule has 1 amide bonds. The fourth-order valence-corrected chi connectivity index (χ4v) is 3.20. The van der Waals surface area contributed by atoms with Crippen LogP contribution in [0.2, 0.25) is 0 Å². The lowest BCUT2D eigenvalue weighted by Crippen LogP contribution is -2.47. The minimum atomic E-state index is -0.325. The molecular weight excluding hydrogens is 246 g/mol. The highest BCUT2D eigenvalue weighted by Crippen LogP contribution is 2.46. The molecule has 0 saturated heterocycles. The van der Waals surface area contributed by atoms with Gasteiger partial charge in [0.2, 0.25) is 5.91 Å². The summed E-state index contributed by atoms with van der Waals surface area (Å²) in [5.74, 6) is -0.0852. The Bertz CT molecular complexity index is 253. The first-order valence-electron chi connectivity index (χ1n) is 8.61. The highest BCUT2D eigenvalue weighted by molar-refractivity contribution is 5.81. The topological polar surface area (TPSA) is 43.1 Å². The standard InChI is InChI=1S/C18H37NO/c1-6-8-10-12-14-18(16(19)20,17(3,4)5)15-13-11-9-7-2/h6-15H2,1-5H3,(H2,19,20). The van der Waals surface area contributed by atoms with Crippen LogP contribution in [-0.2, 0) is 4.79 Å². The number of hydrogen-bond donors (Lipinski definition) is 1. The maximum absolute atomic E-state index is 12.2. The van der Waals surface area contributed by atoms with Crippen LogP contribution in [0.15, 0.2) is 0 Å². The number of carbonyl (C=O) groups is 1. The van der Waals surface area contributed by atoms with E-state index in [0.29, 0.717) is 0 Å². The summed E-state index contributed by atoms with van der Waals surface area (Å²) in [7, 11) is 0. The van der Waals surface area contributed by atoms with E-state index in [2.05, 4.69) is 34.6 Å². The lowest BCUT2D eigenvalue weighted by molar-refractivity contribution is -0.136. The summed E-state index contributed by atoms with van der Waals surface area (Å²) in [6, 6.07) is 0. The van der Waals surface area contributed by atoms with E-state index in [4.69, 9.17) is 5.73 Å². The average Bonchev–Trinajstić information content (AvgIpc) is 2.35. The Kier molecular flexibility index (Phi) is 9.16. The van der Waals surface area contributed by atoms with Crippen LogP contribution < -0.4 is 5.73 Å². The Balaban J connectivity index is 4.74. The molecule has 0 fully saturated rings. The average molecular weight is 284 g/mol. The molecule has 0 heterocycles. The second kappa shape index (κ2) is 9.41. The smallest absolute Gasteiger partial charge is 0.224 e. The Morgan fingerprint density at radius 2 is 1.20 bits per heavy atom. The van der Waals surface area contributed by atoms with E-state index in [-0.39, 0.29) is 16.7 Å². The van der Waals surface area contributed by atoms with E-state index >= 15 is 0 Å². The molecule has 0 aromatic rings. The van der Waals surface area contributed by atoms with Gasteiger partial charge in [0.15, 0.2) is 0 Å². The van der Waals surface area contributed by atoms with Crippen LogP contribution in [0.1, 0.15) is 98.8 Å². The van der Waals surface area contributed by atoms with Crippen LogP contribution >= 0.6 is 0 Å². The van der Waals surface area contributed by atoms with Crippen molar-refractivity contribution in [2.24, 2.45) is 16.6 Å². The second-order valence-electron chi connectivity index (χ2n) is 7.32. The van der Waals surface area contributed by atoms with Crippen LogP contribution in [0.5, 0.6) is 0 Å². The zero-order valence-electron chi connectivity index (χ0n) is 14.6. The van der Waals surface area contributed by atoms with Crippen LogP contribution in [-0.4, -0.2) is 5.91 Å². The molecule has 120 valence electrons. The number of amides is 1. The molecule has 2 N–H and O–H groups in total. The van der Waals surface area contributed by atoms with Crippen LogP contribution in [0.25, 0.3) is 0 Å². The van der Waals surface area contributed by atoms with Crippen molar-refractivity contribution in [3.05, 3.63) is 0 Å². The molecule has 0 unspecified atom stereocenters. The van der Waals surface area contributed by atoms with Crippen molar-refractivity contribution < 1.29 is 4.79 Å². The zero-order chi connectivity index (χ0) is 15.6. The molecule has 0 spiro atoms. The summed E-state index contributed by atoms with van der Waals surface area (Å²) in [6.07, 6.45) is 11.6. The van der Waals surface area contributed by atoms with Crippen molar-refractivity contribution in [2.75, 3.05) is 0 Å². The second-order valence-corrected chi connectivity index (χ2v) is 7.32. The molecule has 2 heteroatoms. The molecule has 0 rings (SSSR count). The minimum absolute atomic E-state index is 0.0444. The molecule has 0 bridgehead atoms. The van der Waals surface area contributed by atoms with Crippen molar-refractivity contribution in [2.45, 2.75) is 98.8 Å². The number of nitrogens with two attached hydrogens (primary N) is 1. The van der Waals surface area contributed by atoms with Gasteiger partial charge in [-0.1, -0.05) is 86.0 Å². The number of hydrogen-bond acceptors (Lipinski definition) is 1. The van der Waals surface area contributed by atoms with E-state index in [1.165, 1.54) is 38.5 Å². The zero-order valence-corrected chi connectivity index (χ0v) is 14.6. The van der Waals surface area contributed by atoms with Gasteiger partial charge < -0.3 is 5.73 Å². The van der Waals surface area contributed by atoms with Gasteiger partial charge in [0.25, 0.3) is 0 Å². The van der Waals surface area contributed by atoms with E-state index in [1.54, 1.807) is 0 Å². The van der Waals surface area contributed by atoms with Gasteiger partial charge in [-0.15, -0.1) is 0 Å². The summed E-state index contributed by atoms with van der Waals surface area (Å²) in [6.45, 7) is 11.0. The number of primary amides is 1. The van der Waals surface area contributed by atoms with Gasteiger partial charge in [0, 0.05) is 0 Å². The van der Waals surface area contributed by atoms with Gasteiger partial charge in [0.05, 0.1) is 5.41 Å². The van der Waals surface area contributed by atoms with Crippen molar-refractivity contribution in [1.29, 1.82) is 0 Å². The molecule has 0 atom stereocenters. The van der Waals surface area contributed by atoms with Crippen LogP contribution in [0, 0.1) is 10.8 Å². The molecule has 0 radical (unpaired) electrons. The van der Waals surface area contributed by atoms with E-state index in [0.717, 1.165) is 25.7 Å². The van der Waals surface area contributed by atoms with Crippen molar-refractivity contribution in [3.8, 4) is 0 Å². The summed E-state index contributed by atoms with van der Waals surface area (Å²) in [4.78, 5) is 12.2. The number of carbonyl (C=O) groups excluding carboxylic acids is 1. The Morgan fingerprint density at radius 1 is 0.800 bits per heavy atom. The Labute approximate surface area is 126 Å². The van der Waals surface area contributed by atoms with Crippen molar-refractivity contribution >= 4 is 5.91 Å². The summed E-state index contributed by atoms with van der Waals surface area (Å²) < 4.78 is 0. The van der Waals surface area contributed by atoms with Crippen LogP contribution in [0.4, 0.5) is 0 Å². The Hall–Kier alpha value is -0.530. The summed E-state index contributed by atoms with van der Waals surface area (Å²) >= 11 is 0. The van der Waals surface area contributed by atoms with Gasteiger partial charge in [-0.3, -0.25) is 4.79 Å². The fraction of sp³-hybridized carbons (Fsp3) is 0.944. The third-order valence-corrected chi connectivity index (χ3v) is 4.82. The minimum Gasteiger partial charge on any atom is -0.369 e. The SMILES string of the molecule is CCCCCCC(CCCCCC)(C(N)=O)C(C)(C)C. The maximum atomic E-state index is 12.2. The predicted molar refractivity (Wildman–Crippen MR) is 88.6 cm³/mol. The largest absolute Gasteiger partial charge is 0.369 e. The van der Waals surface area contributed by atoms with E-state index in [1.807, 2.05) is 0 Å². The van der Waals surface area contributed by atoms with Crippen LogP contribution in [0.3, 0.4) is 0 Å². The monoisotopic (exact) mass is 283 g/mol. The molecule has 2 nitrogen and oxygen atoms in total. The van der Waals surface area contributed by atoms with Gasteiger partial charge >= 0.3 is 0 Å². The maximum Gasteiger partial charge on any atom is 0.224 e. The molecule has 0 aromatic heterocycles. The van der Waals surface area contributed by atoms with Gasteiger partial charge in [-0.2, -0.15) is 0 Å². The molecule has 20 heavy (non-hydrogen) atoms. The number of unbranched alkanes of at least 4 members (excludes halogenated alkanes) is 6. The molecule has 0 aliphatic carbocycles. The quantitative estimate of drug-likeness (QED) is 0.504. The summed E-state index contributed by atoms with van der Waals surface area (Å²) in [5.41, 5.74) is 5.48. The fourth-order valence-electron chi connectivity index (χ4n) is 3.20.